The lowest BCUT2D eigenvalue weighted by atomic mass is 10.2. The standard InChI is InChI=1S/C17H23N5O3/c1-4-5-6-10-25-15-13(8-7-9-14(15)24-3)11-18-21-16-12(2)20-22-17(23)19-16/h7-9,11H,4-6,10H2,1-3H3,(H2,19,21,22,23). The van der Waals surface area contributed by atoms with E-state index in [1.54, 1.807) is 20.2 Å². The molecule has 0 saturated heterocycles. The Kier molecular flexibility index (Phi) is 6.94. The summed E-state index contributed by atoms with van der Waals surface area (Å²) in [7, 11) is 1.60. The summed E-state index contributed by atoms with van der Waals surface area (Å²) >= 11 is 0. The summed E-state index contributed by atoms with van der Waals surface area (Å²) in [6, 6.07) is 5.57. The third-order valence-electron chi connectivity index (χ3n) is 3.47. The summed E-state index contributed by atoms with van der Waals surface area (Å²) < 4.78 is 11.2. The number of ether oxygens (including phenoxy) is 2. The zero-order valence-corrected chi connectivity index (χ0v) is 14.7. The van der Waals surface area contributed by atoms with Crippen molar-refractivity contribution in [2.45, 2.75) is 33.1 Å². The molecule has 0 saturated carbocycles. The van der Waals surface area contributed by atoms with Crippen molar-refractivity contribution in [1.29, 1.82) is 0 Å². The summed E-state index contributed by atoms with van der Waals surface area (Å²) in [5, 5.41) is 10.2. The lowest BCUT2D eigenvalue weighted by Crippen LogP contribution is -2.15. The number of H-pyrrole nitrogens is 1. The number of methoxy groups -OCH3 is 1. The first-order chi connectivity index (χ1) is 12.2. The number of para-hydroxylation sites is 1. The van der Waals surface area contributed by atoms with Crippen molar-refractivity contribution in [2.75, 3.05) is 19.1 Å². The van der Waals surface area contributed by atoms with Gasteiger partial charge in [-0.1, -0.05) is 25.8 Å². The first-order valence-electron chi connectivity index (χ1n) is 8.18. The fourth-order valence-corrected chi connectivity index (χ4v) is 2.14. The number of hydrogen-bond donors (Lipinski definition) is 2. The Hall–Kier alpha value is -2.90. The van der Waals surface area contributed by atoms with Gasteiger partial charge in [0.25, 0.3) is 0 Å². The molecule has 0 aliphatic heterocycles. The highest BCUT2D eigenvalue weighted by Crippen LogP contribution is 2.30. The van der Waals surface area contributed by atoms with Gasteiger partial charge in [0.15, 0.2) is 17.3 Å². The minimum Gasteiger partial charge on any atom is -0.493 e. The molecule has 0 spiro atoms. The Morgan fingerprint density at radius 1 is 1.36 bits per heavy atom. The largest absolute Gasteiger partial charge is 0.493 e. The van der Waals surface area contributed by atoms with Gasteiger partial charge in [0, 0.05) is 5.56 Å². The van der Waals surface area contributed by atoms with Crippen LogP contribution in [0.5, 0.6) is 11.5 Å². The van der Waals surface area contributed by atoms with Crippen LogP contribution >= 0.6 is 0 Å². The zero-order chi connectivity index (χ0) is 18.1. The van der Waals surface area contributed by atoms with Gasteiger partial charge in [0.1, 0.15) is 5.69 Å². The molecule has 1 aromatic carbocycles. The molecule has 0 unspecified atom stereocenters. The highest BCUT2D eigenvalue weighted by Gasteiger charge is 2.09. The second kappa shape index (κ2) is 9.41. The predicted molar refractivity (Wildman–Crippen MR) is 96.6 cm³/mol. The quantitative estimate of drug-likeness (QED) is 0.411. The zero-order valence-electron chi connectivity index (χ0n) is 14.7. The number of aromatic amines is 1. The number of unbranched alkanes of at least 4 members (excludes halogenated alkanes) is 2. The highest BCUT2D eigenvalue weighted by molar-refractivity contribution is 5.85. The van der Waals surface area contributed by atoms with Crippen LogP contribution in [0.2, 0.25) is 0 Å². The molecular weight excluding hydrogens is 322 g/mol. The molecule has 0 radical (unpaired) electrons. The number of rotatable bonds is 9. The van der Waals surface area contributed by atoms with Crippen LogP contribution in [0, 0.1) is 6.92 Å². The van der Waals surface area contributed by atoms with Crippen LogP contribution in [0.3, 0.4) is 0 Å². The minimum absolute atomic E-state index is 0.299. The number of hydrazone groups is 1. The van der Waals surface area contributed by atoms with Crippen LogP contribution in [-0.4, -0.2) is 35.1 Å². The summed E-state index contributed by atoms with van der Waals surface area (Å²) in [4.78, 5) is 15.0. The molecule has 0 aliphatic rings. The van der Waals surface area contributed by atoms with Gasteiger partial charge in [-0.3, -0.25) is 5.43 Å². The smallest absolute Gasteiger partial charge is 0.363 e. The van der Waals surface area contributed by atoms with Crippen LogP contribution in [-0.2, 0) is 0 Å². The molecule has 134 valence electrons. The molecule has 2 rings (SSSR count). The fourth-order valence-electron chi connectivity index (χ4n) is 2.14. The first-order valence-corrected chi connectivity index (χ1v) is 8.18. The lowest BCUT2D eigenvalue weighted by Gasteiger charge is -2.13. The number of aryl methyl sites for hydroxylation is 1. The summed E-state index contributed by atoms with van der Waals surface area (Å²) in [5.74, 6) is 1.58. The van der Waals surface area contributed by atoms with Crippen LogP contribution in [0.4, 0.5) is 5.82 Å². The van der Waals surface area contributed by atoms with Gasteiger partial charge < -0.3 is 9.47 Å². The second-order valence-corrected chi connectivity index (χ2v) is 5.38. The normalized spacial score (nSPS) is 10.8. The number of benzene rings is 1. The monoisotopic (exact) mass is 345 g/mol. The lowest BCUT2D eigenvalue weighted by molar-refractivity contribution is 0.285. The van der Waals surface area contributed by atoms with Gasteiger partial charge in [-0.2, -0.15) is 15.2 Å². The van der Waals surface area contributed by atoms with Crippen molar-refractivity contribution in [1.82, 2.24) is 15.2 Å². The van der Waals surface area contributed by atoms with E-state index in [1.165, 1.54) is 0 Å². The van der Waals surface area contributed by atoms with Crippen molar-refractivity contribution in [3.05, 3.63) is 39.9 Å². The van der Waals surface area contributed by atoms with Gasteiger partial charge in [-0.15, -0.1) is 0 Å². The average molecular weight is 345 g/mol. The Morgan fingerprint density at radius 2 is 2.20 bits per heavy atom. The maximum absolute atomic E-state index is 11.2. The molecule has 25 heavy (non-hydrogen) atoms. The van der Waals surface area contributed by atoms with Crippen LogP contribution < -0.4 is 20.6 Å². The van der Waals surface area contributed by atoms with Crippen LogP contribution in [0.1, 0.15) is 37.4 Å². The van der Waals surface area contributed by atoms with E-state index >= 15 is 0 Å². The molecule has 2 aromatic rings. The molecule has 0 aliphatic carbocycles. The van der Waals surface area contributed by atoms with Crippen molar-refractivity contribution in [3.8, 4) is 11.5 Å². The first kappa shape index (κ1) is 18.4. The summed E-state index contributed by atoms with van der Waals surface area (Å²) in [6.45, 7) is 4.47. The van der Waals surface area contributed by atoms with Crippen LogP contribution in [0.25, 0.3) is 0 Å². The van der Waals surface area contributed by atoms with Gasteiger partial charge in [-0.05, 0) is 25.5 Å². The maximum Gasteiger partial charge on any atom is 0.363 e. The number of aromatic nitrogens is 3. The van der Waals surface area contributed by atoms with E-state index in [2.05, 4.69) is 32.6 Å². The molecule has 2 N–H and O–H groups in total. The van der Waals surface area contributed by atoms with Gasteiger partial charge >= 0.3 is 5.69 Å². The fraction of sp³-hybridized carbons (Fsp3) is 0.412. The molecule has 8 heteroatoms. The van der Waals surface area contributed by atoms with E-state index in [9.17, 15) is 4.79 Å². The Bertz CT molecular complexity index is 773. The van der Waals surface area contributed by atoms with Crippen molar-refractivity contribution >= 4 is 12.0 Å². The minimum atomic E-state index is -0.537. The molecule has 0 bridgehead atoms. The average Bonchev–Trinajstić information content (AvgIpc) is 2.62. The van der Waals surface area contributed by atoms with Crippen LogP contribution in [0.15, 0.2) is 28.1 Å². The predicted octanol–water partition coefficient (Wildman–Crippen LogP) is 2.50. The van der Waals surface area contributed by atoms with E-state index in [-0.39, 0.29) is 0 Å². The molecule has 8 nitrogen and oxygen atoms in total. The SMILES string of the molecule is CCCCCOc1c(C=NNc2nc(=O)[nH]nc2C)cccc1OC. The van der Waals surface area contributed by atoms with E-state index in [4.69, 9.17) is 9.47 Å². The Balaban J connectivity index is 2.14. The Labute approximate surface area is 146 Å². The van der Waals surface area contributed by atoms with Crippen molar-refractivity contribution in [2.24, 2.45) is 5.10 Å². The third kappa shape index (κ3) is 5.30. The number of anilines is 1. The van der Waals surface area contributed by atoms with Gasteiger partial charge in [0.05, 0.1) is 19.9 Å². The second-order valence-electron chi connectivity index (χ2n) is 5.38. The van der Waals surface area contributed by atoms with E-state index in [0.29, 0.717) is 29.6 Å². The third-order valence-corrected chi connectivity index (χ3v) is 3.47. The number of nitrogens with one attached hydrogen (secondary N) is 2. The maximum atomic E-state index is 11.2. The number of nitrogens with zero attached hydrogens (tertiary/aromatic N) is 3. The molecule has 1 aromatic heterocycles. The topological polar surface area (TPSA) is 101 Å². The molecule has 0 amide bonds. The summed E-state index contributed by atoms with van der Waals surface area (Å²) in [5.41, 5.74) is 3.49. The van der Waals surface area contributed by atoms with Gasteiger partial charge in [0.2, 0.25) is 0 Å². The van der Waals surface area contributed by atoms with E-state index in [1.807, 2.05) is 18.2 Å². The number of hydrogen-bond acceptors (Lipinski definition) is 7. The summed E-state index contributed by atoms with van der Waals surface area (Å²) in [6.07, 6.45) is 4.82. The Morgan fingerprint density at radius 3 is 2.96 bits per heavy atom. The van der Waals surface area contributed by atoms with E-state index < -0.39 is 5.69 Å². The van der Waals surface area contributed by atoms with Gasteiger partial charge in [-0.25, -0.2) is 9.89 Å². The highest BCUT2D eigenvalue weighted by atomic mass is 16.5. The molecule has 1 heterocycles. The van der Waals surface area contributed by atoms with Crippen molar-refractivity contribution < 1.29 is 9.47 Å². The van der Waals surface area contributed by atoms with Crippen molar-refractivity contribution in [3.63, 3.8) is 0 Å². The molecule has 0 fully saturated rings. The molecule has 0 atom stereocenters. The van der Waals surface area contributed by atoms with E-state index in [0.717, 1.165) is 24.8 Å². The molecular formula is C17H23N5O3.